The van der Waals surface area contributed by atoms with Crippen LogP contribution in [0.25, 0.3) is 5.65 Å². The van der Waals surface area contributed by atoms with Crippen molar-refractivity contribution in [3.63, 3.8) is 0 Å². The first-order valence-electron chi connectivity index (χ1n) is 4.16. The Balaban J connectivity index is 2.51. The number of fused-ring (bicyclic) bond motifs is 1. The number of alkyl halides is 3. The zero-order valence-corrected chi connectivity index (χ0v) is 7.75. The summed E-state index contributed by atoms with van der Waals surface area (Å²) in [6.07, 6.45) is -3.21. The molecule has 0 unspecified atom stereocenters. The molecular formula is C9H7F3N2O. The Hall–Kier alpha value is -1.72. The highest BCUT2D eigenvalue weighted by molar-refractivity contribution is 5.43. The van der Waals surface area contributed by atoms with Gasteiger partial charge in [0, 0.05) is 6.20 Å². The topological polar surface area (TPSA) is 26.5 Å². The standard InChI is InChI=1S/C9H7F3N2O/c1-6-5-14-7(13-6)3-2-4-8(14)15-9(10,11)12/h2-5H,1H3. The smallest absolute Gasteiger partial charge is 0.389 e. The molecule has 0 bridgehead atoms. The lowest BCUT2D eigenvalue weighted by molar-refractivity contribution is -0.276. The van der Waals surface area contributed by atoms with Gasteiger partial charge < -0.3 is 4.74 Å². The molecule has 0 saturated carbocycles. The van der Waals surface area contributed by atoms with Gasteiger partial charge in [0.05, 0.1) is 5.69 Å². The molecule has 0 spiro atoms. The number of aryl methyl sites for hydroxylation is 1. The third-order valence-electron chi connectivity index (χ3n) is 1.80. The number of nitrogens with zero attached hydrogens (tertiary/aromatic N) is 2. The first-order chi connectivity index (χ1) is 6.96. The van der Waals surface area contributed by atoms with E-state index in [1.54, 1.807) is 13.0 Å². The van der Waals surface area contributed by atoms with E-state index in [1.165, 1.54) is 22.7 Å². The zero-order valence-electron chi connectivity index (χ0n) is 7.75. The second-order valence-corrected chi connectivity index (χ2v) is 3.02. The van der Waals surface area contributed by atoms with Crippen molar-refractivity contribution in [1.29, 1.82) is 0 Å². The minimum atomic E-state index is -4.69. The minimum absolute atomic E-state index is 0.291. The van der Waals surface area contributed by atoms with Gasteiger partial charge in [-0.05, 0) is 19.1 Å². The van der Waals surface area contributed by atoms with Gasteiger partial charge in [-0.25, -0.2) is 4.98 Å². The van der Waals surface area contributed by atoms with E-state index in [0.717, 1.165) is 0 Å². The van der Waals surface area contributed by atoms with E-state index in [0.29, 0.717) is 11.3 Å². The van der Waals surface area contributed by atoms with Gasteiger partial charge >= 0.3 is 6.36 Å². The van der Waals surface area contributed by atoms with E-state index in [9.17, 15) is 13.2 Å². The molecule has 0 aromatic carbocycles. The van der Waals surface area contributed by atoms with E-state index >= 15 is 0 Å². The van der Waals surface area contributed by atoms with E-state index in [1.807, 2.05) is 0 Å². The molecule has 0 radical (unpaired) electrons. The van der Waals surface area contributed by atoms with Gasteiger partial charge in [-0.3, -0.25) is 4.40 Å². The van der Waals surface area contributed by atoms with Crippen molar-refractivity contribution in [2.24, 2.45) is 0 Å². The summed E-state index contributed by atoms with van der Waals surface area (Å²) in [6, 6.07) is 4.31. The number of rotatable bonds is 1. The van der Waals surface area contributed by atoms with Crippen LogP contribution in [-0.4, -0.2) is 15.7 Å². The maximum atomic E-state index is 12.0. The van der Waals surface area contributed by atoms with Crippen molar-refractivity contribution in [2.45, 2.75) is 13.3 Å². The number of aromatic nitrogens is 2. The summed E-state index contributed by atoms with van der Waals surface area (Å²) in [6.45, 7) is 1.70. The van der Waals surface area contributed by atoms with Crippen LogP contribution in [0, 0.1) is 6.92 Å². The number of ether oxygens (including phenoxy) is 1. The summed E-state index contributed by atoms with van der Waals surface area (Å²) in [5.74, 6) is -0.291. The van der Waals surface area contributed by atoms with Crippen LogP contribution >= 0.6 is 0 Å². The lowest BCUT2D eigenvalue weighted by Crippen LogP contribution is -2.18. The van der Waals surface area contributed by atoms with E-state index < -0.39 is 6.36 Å². The number of halogens is 3. The van der Waals surface area contributed by atoms with Crippen molar-refractivity contribution < 1.29 is 17.9 Å². The molecule has 0 aliphatic carbocycles. The number of hydrogen-bond donors (Lipinski definition) is 0. The van der Waals surface area contributed by atoms with Crippen LogP contribution in [0.4, 0.5) is 13.2 Å². The SMILES string of the molecule is Cc1cn2c(OC(F)(F)F)cccc2n1. The summed E-state index contributed by atoms with van der Waals surface area (Å²) >= 11 is 0. The Morgan fingerprint density at radius 2 is 2.07 bits per heavy atom. The molecule has 0 amide bonds. The number of pyridine rings is 1. The normalized spacial score (nSPS) is 12.0. The van der Waals surface area contributed by atoms with Crippen LogP contribution in [0.3, 0.4) is 0 Å². The van der Waals surface area contributed by atoms with Gasteiger partial charge in [0.25, 0.3) is 0 Å². The highest BCUT2D eigenvalue weighted by Gasteiger charge is 2.32. The molecule has 2 rings (SSSR count). The lowest BCUT2D eigenvalue weighted by atomic mass is 10.4. The third-order valence-corrected chi connectivity index (χ3v) is 1.80. The monoisotopic (exact) mass is 216 g/mol. The van der Waals surface area contributed by atoms with Crippen molar-refractivity contribution >= 4 is 5.65 Å². The average molecular weight is 216 g/mol. The Morgan fingerprint density at radius 3 is 2.73 bits per heavy atom. The molecule has 0 atom stereocenters. The van der Waals surface area contributed by atoms with Crippen molar-refractivity contribution in [2.75, 3.05) is 0 Å². The summed E-state index contributed by atoms with van der Waals surface area (Å²) < 4.78 is 41.2. The van der Waals surface area contributed by atoms with Crippen LogP contribution < -0.4 is 4.74 Å². The predicted molar refractivity (Wildman–Crippen MR) is 46.6 cm³/mol. The molecule has 0 fully saturated rings. The van der Waals surface area contributed by atoms with Crippen LogP contribution in [-0.2, 0) is 0 Å². The molecule has 2 aromatic rings. The fraction of sp³-hybridized carbons (Fsp3) is 0.222. The first-order valence-corrected chi connectivity index (χ1v) is 4.16. The van der Waals surface area contributed by atoms with Gasteiger partial charge in [0.1, 0.15) is 5.65 Å². The predicted octanol–water partition coefficient (Wildman–Crippen LogP) is 2.54. The summed E-state index contributed by atoms with van der Waals surface area (Å²) in [5, 5.41) is 0. The molecule has 0 saturated heterocycles. The van der Waals surface area contributed by atoms with Crippen molar-refractivity contribution in [3.05, 3.63) is 30.1 Å². The van der Waals surface area contributed by atoms with Gasteiger partial charge in [-0.1, -0.05) is 6.07 Å². The van der Waals surface area contributed by atoms with Crippen LogP contribution in [0.1, 0.15) is 5.69 Å². The maximum Gasteiger partial charge on any atom is 0.574 e. The Labute approximate surface area is 83.1 Å². The minimum Gasteiger partial charge on any atom is -0.389 e. The first kappa shape index (κ1) is 9.82. The van der Waals surface area contributed by atoms with Gasteiger partial charge in [-0.15, -0.1) is 13.2 Å². The Kier molecular flexibility index (Phi) is 2.06. The van der Waals surface area contributed by atoms with Gasteiger partial charge in [-0.2, -0.15) is 0 Å². The second kappa shape index (κ2) is 3.15. The average Bonchev–Trinajstić information content (AvgIpc) is 2.43. The maximum absolute atomic E-state index is 12.0. The van der Waals surface area contributed by atoms with Crippen LogP contribution in [0.5, 0.6) is 5.88 Å². The number of hydrogen-bond acceptors (Lipinski definition) is 2. The molecule has 0 N–H and O–H groups in total. The number of imidazole rings is 1. The fourth-order valence-corrected chi connectivity index (χ4v) is 1.31. The molecule has 6 heteroatoms. The van der Waals surface area contributed by atoms with Gasteiger partial charge in [0.15, 0.2) is 0 Å². The summed E-state index contributed by atoms with van der Waals surface area (Å²) in [4.78, 5) is 4.02. The molecule has 80 valence electrons. The van der Waals surface area contributed by atoms with Crippen LogP contribution in [0.15, 0.2) is 24.4 Å². The van der Waals surface area contributed by atoms with E-state index in [4.69, 9.17) is 0 Å². The second-order valence-electron chi connectivity index (χ2n) is 3.02. The van der Waals surface area contributed by atoms with E-state index in [2.05, 4.69) is 9.72 Å². The third kappa shape index (κ3) is 2.03. The van der Waals surface area contributed by atoms with Crippen molar-refractivity contribution in [3.8, 4) is 5.88 Å². The molecular weight excluding hydrogens is 209 g/mol. The Morgan fingerprint density at radius 1 is 1.33 bits per heavy atom. The Bertz CT molecular complexity index is 490. The molecule has 0 aliphatic heterocycles. The van der Waals surface area contributed by atoms with Crippen molar-refractivity contribution in [1.82, 2.24) is 9.38 Å². The lowest BCUT2D eigenvalue weighted by Gasteiger charge is -2.09. The van der Waals surface area contributed by atoms with E-state index in [-0.39, 0.29) is 5.88 Å². The molecule has 3 nitrogen and oxygen atoms in total. The summed E-state index contributed by atoms with van der Waals surface area (Å²) in [5.41, 5.74) is 1.06. The summed E-state index contributed by atoms with van der Waals surface area (Å²) in [7, 11) is 0. The highest BCUT2D eigenvalue weighted by atomic mass is 19.4. The fourth-order valence-electron chi connectivity index (χ4n) is 1.31. The quantitative estimate of drug-likeness (QED) is 0.732. The zero-order chi connectivity index (χ0) is 11.1. The van der Waals surface area contributed by atoms with Crippen LogP contribution in [0.2, 0.25) is 0 Å². The highest BCUT2D eigenvalue weighted by Crippen LogP contribution is 2.23. The molecule has 2 heterocycles. The molecule has 2 aromatic heterocycles. The molecule has 0 aliphatic rings. The van der Waals surface area contributed by atoms with Gasteiger partial charge in [0.2, 0.25) is 5.88 Å². The largest absolute Gasteiger partial charge is 0.574 e. The molecule has 15 heavy (non-hydrogen) atoms.